The number of rotatable bonds is 3. The van der Waals surface area contributed by atoms with E-state index in [2.05, 4.69) is 10.3 Å². The highest BCUT2D eigenvalue weighted by Crippen LogP contribution is 2.16. The summed E-state index contributed by atoms with van der Waals surface area (Å²) in [4.78, 5) is 28.3. The van der Waals surface area contributed by atoms with E-state index in [1.165, 1.54) is 0 Å². The summed E-state index contributed by atoms with van der Waals surface area (Å²) in [5.74, 6) is -0.196. The number of aromatic amines is 1. The predicted molar refractivity (Wildman–Crippen MR) is 99.7 cm³/mol. The van der Waals surface area contributed by atoms with E-state index in [4.69, 9.17) is 0 Å². The molecule has 0 fully saturated rings. The number of amides is 1. The molecule has 4 rings (SSSR count). The van der Waals surface area contributed by atoms with E-state index in [-0.39, 0.29) is 11.3 Å². The summed E-state index contributed by atoms with van der Waals surface area (Å²) in [6, 6.07) is 22.3. The Morgan fingerprint density at radius 2 is 1.56 bits per heavy atom. The Balaban J connectivity index is 1.68. The highest BCUT2D eigenvalue weighted by Gasteiger charge is 2.10. The first kappa shape index (κ1) is 15.1. The van der Waals surface area contributed by atoms with Gasteiger partial charge in [-0.15, -0.1) is 0 Å². The number of para-hydroxylation sites is 1. The predicted octanol–water partition coefficient (Wildman–Crippen LogP) is 3.61. The molecule has 1 aromatic heterocycles. The lowest BCUT2D eigenvalue weighted by Crippen LogP contribution is -2.23. The van der Waals surface area contributed by atoms with Crippen molar-refractivity contribution in [3.05, 3.63) is 94.1 Å². The second-order valence-corrected chi connectivity index (χ2v) is 5.93. The fraction of sp³-hybridized carbons (Fsp3) is 0.0476. The van der Waals surface area contributed by atoms with Gasteiger partial charge in [0.25, 0.3) is 5.91 Å². The molecule has 0 saturated carbocycles. The molecule has 25 heavy (non-hydrogen) atoms. The molecule has 0 bridgehead atoms. The van der Waals surface area contributed by atoms with Gasteiger partial charge in [0.15, 0.2) is 5.43 Å². The average molecular weight is 328 g/mol. The van der Waals surface area contributed by atoms with Crippen LogP contribution in [0.15, 0.2) is 77.6 Å². The van der Waals surface area contributed by atoms with Crippen molar-refractivity contribution in [1.29, 1.82) is 0 Å². The summed E-state index contributed by atoms with van der Waals surface area (Å²) in [5.41, 5.74) is 2.95. The molecule has 0 spiro atoms. The molecule has 0 unspecified atom stereocenters. The largest absolute Gasteiger partial charge is 0.354 e. The van der Waals surface area contributed by atoms with Gasteiger partial charge in [-0.05, 0) is 35.9 Å². The third-order valence-corrected chi connectivity index (χ3v) is 4.26. The smallest absolute Gasteiger partial charge is 0.251 e. The lowest BCUT2D eigenvalue weighted by Gasteiger charge is -2.07. The minimum absolute atomic E-state index is 0.0675. The maximum absolute atomic E-state index is 12.7. The molecule has 0 aliphatic heterocycles. The highest BCUT2D eigenvalue weighted by atomic mass is 16.1. The molecule has 1 heterocycles. The second-order valence-electron chi connectivity index (χ2n) is 5.93. The van der Waals surface area contributed by atoms with Crippen molar-refractivity contribution in [2.75, 3.05) is 0 Å². The van der Waals surface area contributed by atoms with Gasteiger partial charge in [-0.3, -0.25) is 9.59 Å². The normalized spacial score (nSPS) is 10.9. The maximum atomic E-state index is 12.7. The number of aromatic nitrogens is 1. The van der Waals surface area contributed by atoms with Gasteiger partial charge >= 0.3 is 0 Å². The summed E-state index contributed by atoms with van der Waals surface area (Å²) >= 11 is 0. The van der Waals surface area contributed by atoms with Crippen LogP contribution >= 0.6 is 0 Å². The van der Waals surface area contributed by atoms with Crippen LogP contribution < -0.4 is 10.7 Å². The number of pyridine rings is 1. The lowest BCUT2D eigenvalue weighted by molar-refractivity contribution is 0.0951. The van der Waals surface area contributed by atoms with Crippen LogP contribution in [-0.2, 0) is 6.54 Å². The summed E-state index contributed by atoms with van der Waals surface area (Å²) < 4.78 is 0. The summed E-state index contributed by atoms with van der Waals surface area (Å²) in [7, 11) is 0. The van der Waals surface area contributed by atoms with E-state index in [1.807, 2.05) is 48.5 Å². The number of nitrogens with one attached hydrogen (secondary N) is 2. The van der Waals surface area contributed by atoms with Crippen molar-refractivity contribution >= 4 is 27.7 Å². The number of hydrogen-bond donors (Lipinski definition) is 2. The molecule has 3 aromatic carbocycles. The van der Waals surface area contributed by atoms with Gasteiger partial charge in [0.05, 0.1) is 0 Å². The van der Waals surface area contributed by atoms with Crippen molar-refractivity contribution in [3.8, 4) is 0 Å². The van der Waals surface area contributed by atoms with Gasteiger partial charge in [0.1, 0.15) is 0 Å². The molecule has 0 aliphatic carbocycles. The summed E-state index contributed by atoms with van der Waals surface area (Å²) in [5, 5.41) is 4.03. The van der Waals surface area contributed by atoms with Crippen LogP contribution in [0.2, 0.25) is 0 Å². The maximum Gasteiger partial charge on any atom is 0.251 e. The Hall–Kier alpha value is -3.40. The van der Waals surface area contributed by atoms with E-state index < -0.39 is 0 Å². The fourth-order valence-electron chi connectivity index (χ4n) is 2.94. The number of carbonyl (C=O) groups excluding carboxylic acids is 1. The van der Waals surface area contributed by atoms with Crippen LogP contribution in [0.4, 0.5) is 0 Å². The van der Waals surface area contributed by atoms with E-state index in [1.54, 1.807) is 24.3 Å². The number of H-pyrrole nitrogens is 1. The Labute approximate surface area is 144 Å². The van der Waals surface area contributed by atoms with E-state index in [9.17, 15) is 9.59 Å². The Morgan fingerprint density at radius 1 is 0.840 bits per heavy atom. The van der Waals surface area contributed by atoms with Crippen LogP contribution in [0.3, 0.4) is 0 Å². The van der Waals surface area contributed by atoms with Crippen molar-refractivity contribution < 1.29 is 4.79 Å². The zero-order valence-corrected chi connectivity index (χ0v) is 13.5. The van der Waals surface area contributed by atoms with Crippen LogP contribution in [-0.4, -0.2) is 10.9 Å². The van der Waals surface area contributed by atoms with Crippen molar-refractivity contribution in [2.24, 2.45) is 0 Å². The standard InChI is InChI=1S/C21H16N2O2/c24-20-16-8-4-5-9-18(16)23-19-11-10-15(12-17(19)20)21(25)22-13-14-6-2-1-3-7-14/h1-12H,13H2,(H,22,25)(H,23,24). The molecular weight excluding hydrogens is 312 g/mol. The van der Waals surface area contributed by atoms with Crippen molar-refractivity contribution in [3.63, 3.8) is 0 Å². The first-order chi connectivity index (χ1) is 12.2. The number of hydrogen-bond acceptors (Lipinski definition) is 2. The molecule has 0 aliphatic rings. The van der Waals surface area contributed by atoms with E-state index in [0.29, 0.717) is 22.9 Å². The molecular formula is C21H16N2O2. The monoisotopic (exact) mass is 328 g/mol. The Kier molecular flexibility index (Phi) is 3.78. The topological polar surface area (TPSA) is 62.0 Å². The van der Waals surface area contributed by atoms with Gasteiger partial charge < -0.3 is 10.3 Å². The fourth-order valence-corrected chi connectivity index (χ4v) is 2.94. The van der Waals surface area contributed by atoms with Gasteiger partial charge in [0.2, 0.25) is 0 Å². The van der Waals surface area contributed by atoms with Crippen LogP contribution in [0, 0.1) is 0 Å². The lowest BCUT2D eigenvalue weighted by atomic mass is 10.1. The molecule has 0 atom stereocenters. The molecule has 1 amide bonds. The van der Waals surface area contributed by atoms with E-state index >= 15 is 0 Å². The van der Waals surface area contributed by atoms with Gasteiger partial charge in [-0.2, -0.15) is 0 Å². The van der Waals surface area contributed by atoms with Crippen LogP contribution in [0.1, 0.15) is 15.9 Å². The minimum atomic E-state index is -0.196. The molecule has 122 valence electrons. The highest BCUT2D eigenvalue weighted by molar-refractivity contribution is 6.00. The molecule has 0 radical (unpaired) electrons. The third-order valence-electron chi connectivity index (χ3n) is 4.26. The zero-order chi connectivity index (χ0) is 17.2. The van der Waals surface area contributed by atoms with Crippen LogP contribution in [0.25, 0.3) is 21.8 Å². The molecule has 4 nitrogen and oxygen atoms in total. The Bertz CT molecular complexity index is 1130. The summed E-state index contributed by atoms with van der Waals surface area (Å²) in [6.45, 7) is 0.450. The van der Waals surface area contributed by atoms with Crippen LogP contribution in [0.5, 0.6) is 0 Å². The first-order valence-electron chi connectivity index (χ1n) is 8.09. The third kappa shape index (κ3) is 2.90. The van der Waals surface area contributed by atoms with Gasteiger partial charge in [-0.1, -0.05) is 42.5 Å². The molecule has 2 N–H and O–H groups in total. The molecule has 0 saturated heterocycles. The van der Waals surface area contributed by atoms with Crippen molar-refractivity contribution in [2.45, 2.75) is 6.54 Å². The summed E-state index contributed by atoms with van der Waals surface area (Å²) in [6.07, 6.45) is 0. The number of benzene rings is 3. The zero-order valence-electron chi connectivity index (χ0n) is 13.5. The minimum Gasteiger partial charge on any atom is -0.354 e. The molecule has 4 aromatic rings. The second kappa shape index (κ2) is 6.24. The molecule has 4 heteroatoms. The average Bonchev–Trinajstić information content (AvgIpc) is 2.67. The first-order valence-corrected chi connectivity index (χ1v) is 8.09. The SMILES string of the molecule is O=C(NCc1ccccc1)c1ccc2[nH]c3ccccc3c(=O)c2c1. The number of fused-ring (bicyclic) bond motifs is 2. The van der Waals surface area contributed by atoms with Gasteiger partial charge in [0, 0.05) is 33.9 Å². The van der Waals surface area contributed by atoms with E-state index in [0.717, 1.165) is 16.6 Å². The Morgan fingerprint density at radius 3 is 2.40 bits per heavy atom. The van der Waals surface area contributed by atoms with Crippen molar-refractivity contribution in [1.82, 2.24) is 10.3 Å². The number of carbonyl (C=O) groups is 1. The quantitative estimate of drug-likeness (QED) is 0.564. The van der Waals surface area contributed by atoms with Gasteiger partial charge in [-0.25, -0.2) is 0 Å².